The van der Waals surface area contributed by atoms with Crippen molar-refractivity contribution >= 4 is 26.0 Å². The van der Waals surface area contributed by atoms with Crippen molar-refractivity contribution in [1.82, 2.24) is 9.71 Å². The lowest BCUT2D eigenvalue weighted by Crippen LogP contribution is -2.34. The quantitative estimate of drug-likeness (QED) is 0.903. The third-order valence-electron chi connectivity index (χ3n) is 2.43. The molecule has 2 rings (SSSR count). The molecule has 1 atom stereocenters. The van der Waals surface area contributed by atoms with Crippen molar-refractivity contribution in [3.05, 3.63) is 47.1 Å². The lowest BCUT2D eigenvalue weighted by atomic mass is 10.2. The highest BCUT2D eigenvalue weighted by Gasteiger charge is 2.18. The first-order valence-electron chi connectivity index (χ1n) is 5.62. The van der Waals surface area contributed by atoms with Gasteiger partial charge in [-0.05, 0) is 41.1 Å². The molecule has 2 aromatic rings. The fraction of sp³-hybridized carbons (Fsp3) is 0.250. The number of rotatable bonds is 5. The summed E-state index contributed by atoms with van der Waals surface area (Å²) in [5.74, 6) is 0.738. The Morgan fingerprint density at radius 3 is 2.89 bits per heavy atom. The van der Waals surface area contributed by atoms with Gasteiger partial charge < -0.3 is 4.42 Å². The maximum atomic E-state index is 12.1. The highest BCUT2D eigenvalue weighted by Crippen LogP contribution is 2.15. The number of hydrogen-bond acceptors (Lipinski definition) is 4. The first kappa shape index (κ1) is 14.2. The summed E-state index contributed by atoms with van der Waals surface area (Å²) in [7, 11) is -3.57. The fourth-order valence-corrected chi connectivity index (χ4v) is 3.39. The Hall–Kier alpha value is -1.18. The molecule has 0 aliphatic heterocycles. The largest absolute Gasteiger partial charge is 0.469 e. The Bertz CT molecular complexity index is 641. The van der Waals surface area contributed by atoms with Crippen LogP contribution in [-0.4, -0.2) is 19.4 Å². The molecular formula is C12H13BrN2O3S. The molecule has 1 unspecified atom stereocenters. The van der Waals surface area contributed by atoms with Crippen molar-refractivity contribution in [2.75, 3.05) is 0 Å². The van der Waals surface area contributed by atoms with Crippen molar-refractivity contribution in [2.45, 2.75) is 24.3 Å². The number of furan rings is 1. The highest BCUT2D eigenvalue weighted by atomic mass is 79.9. The summed E-state index contributed by atoms with van der Waals surface area (Å²) in [6, 6.07) is 4.82. The molecule has 19 heavy (non-hydrogen) atoms. The van der Waals surface area contributed by atoms with Crippen LogP contribution < -0.4 is 4.72 Å². The molecule has 0 aliphatic rings. The number of nitrogens with zero attached hydrogens (tertiary/aromatic N) is 1. The van der Waals surface area contributed by atoms with E-state index in [9.17, 15) is 8.42 Å². The lowest BCUT2D eigenvalue weighted by Gasteiger charge is -2.12. The van der Waals surface area contributed by atoms with Gasteiger partial charge in [0.15, 0.2) is 0 Å². The molecule has 5 nitrogen and oxygen atoms in total. The topological polar surface area (TPSA) is 72.2 Å². The smallest absolute Gasteiger partial charge is 0.242 e. The van der Waals surface area contributed by atoms with Crippen molar-refractivity contribution in [3.8, 4) is 0 Å². The van der Waals surface area contributed by atoms with Crippen LogP contribution in [0.15, 0.2) is 50.6 Å². The van der Waals surface area contributed by atoms with Gasteiger partial charge in [0.25, 0.3) is 0 Å². The second kappa shape index (κ2) is 5.85. The average molecular weight is 345 g/mol. The molecule has 1 N–H and O–H groups in total. The normalized spacial score (nSPS) is 13.4. The SMILES string of the molecule is CC(Cc1ccco1)NS(=O)(=O)c1cncc(Br)c1. The molecule has 102 valence electrons. The van der Waals surface area contributed by atoms with Gasteiger partial charge in [0.1, 0.15) is 10.7 Å². The summed E-state index contributed by atoms with van der Waals surface area (Å²) in [6.07, 6.45) is 4.90. The van der Waals surface area contributed by atoms with Crippen molar-refractivity contribution < 1.29 is 12.8 Å². The summed E-state index contributed by atoms with van der Waals surface area (Å²) in [5.41, 5.74) is 0. The molecule has 0 amide bonds. The van der Waals surface area contributed by atoms with Crippen LogP contribution in [0.3, 0.4) is 0 Å². The minimum atomic E-state index is -3.57. The van der Waals surface area contributed by atoms with E-state index in [2.05, 4.69) is 25.6 Å². The van der Waals surface area contributed by atoms with Crippen molar-refractivity contribution in [1.29, 1.82) is 0 Å². The monoisotopic (exact) mass is 344 g/mol. The minimum Gasteiger partial charge on any atom is -0.469 e. The zero-order chi connectivity index (χ0) is 13.9. The summed E-state index contributed by atoms with van der Waals surface area (Å²) in [6.45, 7) is 1.78. The standard InChI is InChI=1S/C12H13BrN2O3S/c1-9(5-11-3-2-4-18-11)15-19(16,17)12-6-10(13)7-14-8-12/h2-4,6-9,15H,5H2,1H3. The van der Waals surface area contributed by atoms with Crippen LogP contribution in [0, 0.1) is 0 Å². The van der Waals surface area contributed by atoms with Gasteiger partial charge in [-0.25, -0.2) is 13.1 Å². The van der Waals surface area contributed by atoms with Crippen LogP contribution in [0.2, 0.25) is 0 Å². The maximum absolute atomic E-state index is 12.1. The van der Waals surface area contributed by atoms with E-state index in [4.69, 9.17) is 4.42 Å². The predicted octanol–water partition coefficient (Wildman–Crippen LogP) is 2.35. The molecule has 0 saturated carbocycles. The van der Waals surface area contributed by atoms with Gasteiger partial charge >= 0.3 is 0 Å². The van der Waals surface area contributed by atoms with Gasteiger partial charge in [-0.2, -0.15) is 0 Å². The number of pyridine rings is 1. The van der Waals surface area contributed by atoms with Crippen molar-refractivity contribution in [2.24, 2.45) is 0 Å². The van der Waals surface area contributed by atoms with E-state index >= 15 is 0 Å². The first-order chi connectivity index (χ1) is 8.97. The van der Waals surface area contributed by atoms with Gasteiger partial charge in [0.2, 0.25) is 10.0 Å². The molecular weight excluding hydrogens is 332 g/mol. The molecule has 0 aromatic carbocycles. The summed E-state index contributed by atoms with van der Waals surface area (Å²) in [4.78, 5) is 3.98. The molecule has 0 aliphatic carbocycles. The molecule has 7 heteroatoms. The Morgan fingerprint density at radius 2 is 2.26 bits per heavy atom. The molecule has 2 heterocycles. The van der Waals surface area contributed by atoms with Gasteiger partial charge in [-0.1, -0.05) is 0 Å². The van der Waals surface area contributed by atoms with Crippen LogP contribution in [0.4, 0.5) is 0 Å². The molecule has 0 saturated heterocycles. The fourth-order valence-electron chi connectivity index (χ4n) is 1.64. The summed E-state index contributed by atoms with van der Waals surface area (Å²) < 4.78 is 32.6. The molecule has 0 bridgehead atoms. The van der Waals surface area contributed by atoms with E-state index < -0.39 is 10.0 Å². The van der Waals surface area contributed by atoms with Crippen LogP contribution in [-0.2, 0) is 16.4 Å². The van der Waals surface area contributed by atoms with Crippen LogP contribution >= 0.6 is 15.9 Å². The van der Waals surface area contributed by atoms with Gasteiger partial charge in [-0.3, -0.25) is 4.98 Å². The average Bonchev–Trinajstić information content (AvgIpc) is 2.81. The van der Waals surface area contributed by atoms with Gasteiger partial charge in [0.05, 0.1) is 6.26 Å². The number of nitrogens with one attached hydrogen (secondary N) is 1. The van der Waals surface area contributed by atoms with Crippen LogP contribution in [0.5, 0.6) is 0 Å². The molecule has 0 fully saturated rings. The van der Waals surface area contributed by atoms with E-state index in [-0.39, 0.29) is 10.9 Å². The third-order valence-corrected chi connectivity index (χ3v) is 4.42. The number of hydrogen-bond donors (Lipinski definition) is 1. The maximum Gasteiger partial charge on any atom is 0.242 e. The Labute approximate surface area is 120 Å². The van der Waals surface area contributed by atoms with Gasteiger partial charge in [-0.15, -0.1) is 0 Å². The molecule has 2 aromatic heterocycles. The third kappa shape index (κ3) is 3.89. The van der Waals surface area contributed by atoms with E-state index in [0.717, 1.165) is 5.76 Å². The molecule has 0 spiro atoms. The summed E-state index contributed by atoms with van der Waals surface area (Å²) >= 11 is 3.20. The van der Waals surface area contributed by atoms with Crippen LogP contribution in [0.25, 0.3) is 0 Å². The number of halogens is 1. The Morgan fingerprint density at radius 1 is 1.47 bits per heavy atom. The zero-order valence-electron chi connectivity index (χ0n) is 10.2. The summed E-state index contributed by atoms with van der Waals surface area (Å²) in [5, 5.41) is 0. The van der Waals surface area contributed by atoms with E-state index in [1.165, 1.54) is 18.5 Å². The van der Waals surface area contributed by atoms with E-state index in [1.54, 1.807) is 19.3 Å². The lowest BCUT2D eigenvalue weighted by molar-refractivity contribution is 0.479. The Kier molecular flexibility index (Phi) is 4.38. The molecule has 0 radical (unpaired) electrons. The highest BCUT2D eigenvalue weighted by molar-refractivity contribution is 9.10. The Balaban J connectivity index is 2.09. The zero-order valence-corrected chi connectivity index (χ0v) is 12.6. The number of aromatic nitrogens is 1. The second-order valence-electron chi connectivity index (χ2n) is 4.14. The first-order valence-corrected chi connectivity index (χ1v) is 7.90. The van der Waals surface area contributed by atoms with Crippen LogP contribution in [0.1, 0.15) is 12.7 Å². The number of sulfonamides is 1. The second-order valence-corrected chi connectivity index (χ2v) is 6.77. The minimum absolute atomic E-state index is 0.133. The van der Waals surface area contributed by atoms with Gasteiger partial charge in [0, 0.05) is 29.3 Å². The van der Waals surface area contributed by atoms with Crippen molar-refractivity contribution in [3.63, 3.8) is 0 Å². The predicted molar refractivity (Wildman–Crippen MR) is 74.1 cm³/mol. The van der Waals surface area contributed by atoms with E-state index in [0.29, 0.717) is 10.9 Å². The van der Waals surface area contributed by atoms with E-state index in [1.807, 2.05) is 6.07 Å².